The number of rotatable bonds is 9. The normalized spacial score (nSPS) is 18.5. The number of carbonyl (C=O) groups excluding carboxylic acids is 2. The Hall–Kier alpha value is -2.36. The molecule has 2 amide bonds. The summed E-state index contributed by atoms with van der Waals surface area (Å²) < 4.78 is 18.6. The molecule has 10 heteroatoms. The number of aryl methyl sites for hydroxylation is 1. The molecule has 0 spiro atoms. The Bertz CT molecular complexity index is 1080. The van der Waals surface area contributed by atoms with Crippen molar-refractivity contribution in [2.75, 3.05) is 33.4 Å². The molecule has 3 heterocycles. The molecule has 0 radical (unpaired) electrons. The summed E-state index contributed by atoms with van der Waals surface area (Å²) in [4.78, 5) is 34.3. The van der Waals surface area contributed by atoms with Gasteiger partial charge in [0.15, 0.2) is 6.10 Å². The van der Waals surface area contributed by atoms with E-state index in [1.807, 2.05) is 25.7 Å². The fraction of sp³-hybridized carbons (Fsp3) is 0.654. The van der Waals surface area contributed by atoms with E-state index in [4.69, 9.17) is 25.8 Å². The number of fused-ring (bicyclic) bond motifs is 1. The Balaban J connectivity index is 1.51. The minimum absolute atomic E-state index is 0.105. The molecule has 0 N–H and O–H groups in total. The lowest BCUT2D eigenvalue weighted by molar-refractivity contribution is -0.150. The van der Waals surface area contributed by atoms with Crippen molar-refractivity contribution < 1.29 is 23.8 Å². The smallest absolute Gasteiger partial charge is 0.410 e. The molecular weight excluding hydrogens is 484 g/mol. The molecule has 4 rings (SSSR count). The van der Waals surface area contributed by atoms with Crippen LogP contribution in [0, 0.1) is 0 Å². The van der Waals surface area contributed by atoms with Crippen molar-refractivity contribution in [1.82, 2.24) is 19.4 Å². The van der Waals surface area contributed by atoms with Gasteiger partial charge >= 0.3 is 6.09 Å². The molecule has 0 bridgehead atoms. The summed E-state index contributed by atoms with van der Waals surface area (Å²) in [6.45, 7) is 8.30. The average Bonchev–Trinajstić information content (AvgIpc) is 3.61. The molecule has 1 atom stereocenters. The molecule has 36 heavy (non-hydrogen) atoms. The number of methoxy groups -OCH3 is 1. The SMILES string of the molecule is COCCCCn1cc(CN(C(=O)[C@H]2CN(C(=O)OC(C)(C)C)CCO2)C2CC2)c2c(Cl)ccnc21. The third kappa shape index (κ3) is 6.49. The summed E-state index contributed by atoms with van der Waals surface area (Å²) in [5.41, 5.74) is 1.19. The number of halogens is 1. The van der Waals surface area contributed by atoms with Crippen molar-refractivity contribution >= 4 is 34.6 Å². The first-order valence-corrected chi connectivity index (χ1v) is 13.1. The highest BCUT2D eigenvalue weighted by Crippen LogP contribution is 2.34. The first-order valence-electron chi connectivity index (χ1n) is 12.7. The van der Waals surface area contributed by atoms with Crippen LogP contribution in [0.15, 0.2) is 18.5 Å². The van der Waals surface area contributed by atoms with Gasteiger partial charge in [-0.3, -0.25) is 4.79 Å². The van der Waals surface area contributed by atoms with Gasteiger partial charge in [0.2, 0.25) is 0 Å². The summed E-state index contributed by atoms with van der Waals surface area (Å²) in [5.74, 6) is -0.105. The third-order valence-corrected chi connectivity index (χ3v) is 6.70. The van der Waals surface area contributed by atoms with E-state index in [0.717, 1.165) is 48.8 Å². The predicted molar refractivity (Wildman–Crippen MR) is 137 cm³/mol. The molecule has 2 aromatic rings. The molecule has 0 unspecified atom stereocenters. The Labute approximate surface area is 217 Å². The number of hydrogen-bond acceptors (Lipinski definition) is 6. The lowest BCUT2D eigenvalue weighted by Crippen LogP contribution is -2.53. The Morgan fingerprint density at radius 2 is 2.06 bits per heavy atom. The van der Waals surface area contributed by atoms with Crippen LogP contribution < -0.4 is 0 Å². The van der Waals surface area contributed by atoms with Crippen molar-refractivity contribution in [3.05, 3.63) is 29.0 Å². The summed E-state index contributed by atoms with van der Waals surface area (Å²) in [6, 6.07) is 1.95. The van der Waals surface area contributed by atoms with Crippen molar-refractivity contribution in [2.45, 2.75) is 77.3 Å². The van der Waals surface area contributed by atoms with Gasteiger partial charge in [-0.05, 0) is 52.5 Å². The number of carbonyl (C=O) groups is 2. The van der Waals surface area contributed by atoms with Gasteiger partial charge in [0.05, 0.1) is 18.2 Å². The highest BCUT2D eigenvalue weighted by molar-refractivity contribution is 6.35. The minimum atomic E-state index is -0.720. The molecule has 9 nitrogen and oxygen atoms in total. The largest absolute Gasteiger partial charge is 0.444 e. The van der Waals surface area contributed by atoms with E-state index in [9.17, 15) is 9.59 Å². The van der Waals surface area contributed by atoms with Crippen LogP contribution in [0.3, 0.4) is 0 Å². The average molecular weight is 521 g/mol. The molecule has 1 saturated heterocycles. The second-order valence-electron chi connectivity index (χ2n) is 10.5. The maximum Gasteiger partial charge on any atom is 0.410 e. The van der Waals surface area contributed by atoms with Crippen molar-refractivity contribution in [3.8, 4) is 0 Å². The van der Waals surface area contributed by atoms with Gasteiger partial charge in [-0.25, -0.2) is 9.78 Å². The van der Waals surface area contributed by atoms with E-state index < -0.39 is 17.8 Å². The van der Waals surface area contributed by atoms with Gasteiger partial charge in [-0.1, -0.05) is 11.6 Å². The molecule has 1 aliphatic heterocycles. The Morgan fingerprint density at radius 3 is 2.75 bits per heavy atom. The molecule has 198 valence electrons. The highest BCUT2D eigenvalue weighted by atomic mass is 35.5. The van der Waals surface area contributed by atoms with E-state index in [-0.39, 0.29) is 18.5 Å². The number of ether oxygens (including phenoxy) is 3. The van der Waals surface area contributed by atoms with Crippen LogP contribution in [-0.2, 0) is 32.1 Å². The maximum absolute atomic E-state index is 13.7. The standard InChI is InChI=1S/C26H37ClN4O5/c1-26(2,3)36-25(33)30-12-14-35-21(17-30)24(32)31(19-7-8-19)16-18-15-29(11-5-6-13-34-4)23-22(18)20(27)9-10-28-23/h9-10,15,19,21H,5-8,11-14,16-17H2,1-4H3/t21-/m1/s1. The summed E-state index contributed by atoms with van der Waals surface area (Å²) >= 11 is 6.61. The van der Waals surface area contributed by atoms with Crippen LogP contribution in [0.25, 0.3) is 11.0 Å². The van der Waals surface area contributed by atoms with Crippen molar-refractivity contribution in [3.63, 3.8) is 0 Å². The number of morpholine rings is 1. The lowest BCUT2D eigenvalue weighted by atomic mass is 10.1. The minimum Gasteiger partial charge on any atom is -0.444 e. The number of unbranched alkanes of at least 4 members (excludes halogenated alkanes) is 1. The summed E-state index contributed by atoms with van der Waals surface area (Å²) in [7, 11) is 1.71. The van der Waals surface area contributed by atoms with Gasteiger partial charge in [0.25, 0.3) is 5.91 Å². The molecule has 1 aliphatic carbocycles. The second-order valence-corrected chi connectivity index (χ2v) is 10.9. The first-order chi connectivity index (χ1) is 17.2. The van der Waals surface area contributed by atoms with Crippen LogP contribution in [0.4, 0.5) is 4.79 Å². The third-order valence-electron chi connectivity index (χ3n) is 6.39. The van der Waals surface area contributed by atoms with E-state index in [2.05, 4.69) is 15.7 Å². The van der Waals surface area contributed by atoms with Crippen molar-refractivity contribution in [2.24, 2.45) is 0 Å². The molecule has 2 fully saturated rings. The molecular formula is C26H37ClN4O5. The molecule has 2 aliphatic rings. The van der Waals surface area contributed by atoms with E-state index in [1.165, 1.54) is 0 Å². The van der Waals surface area contributed by atoms with Crippen LogP contribution in [0.2, 0.25) is 5.02 Å². The number of pyridine rings is 1. The van der Waals surface area contributed by atoms with Crippen LogP contribution >= 0.6 is 11.6 Å². The fourth-order valence-electron chi connectivity index (χ4n) is 4.51. The lowest BCUT2D eigenvalue weighted by Gasteiger charge is -2.35. The second kappa shape index (κ2) is 11.4. The topological polar surface area (TPSA) is 86.1 Å². The number of nitrogens with zero attached hydrogens (tertiary/aromatic N) is 4. The number of hydrogen-bond donors (Lipinski definition) is 0. The molecule has 2 aromatic heterocycles. The van der Waals surface area contributed by atoms with Gasteiger partial charge in [0.1, 0.15) is 11.2 Å². The predicted octanol–water partition coefficient (Wildman–Crippen LogP) is 4.24. The quantitative estimate of drug-likeness (QED) is 0.460. The number of amides is 2. The number of aromatic nitrogens is 2. The van der Waals surface area contributed by atoms with E-state index in [0.29, 0.717) is 31.3 Å². The van der Waals surface area contributed by atoms with Crippen LogP contribution in [0.1, 0.15) is 52.0 Å². The molecule has 1 saturated carbocycles. The highest BCUT2D eigenvalue weighted by Gasteiger charge is 2.40. The zero-order valence-electron chi connectivity index (χ0n) is 21.7. The fourth-order valence-corrected chi connectivity index (χ4v) is 4.77. The van der Waals surface area contributed by atoms with Gasteiger partial charge in [-0.2, -0.15) is 0 Å². The van der Waals surface area contributed by atoms with Gasteiger partial charge < -0.3 is 28.6 Å². The van der Waals surface area contributed by atoms with Gasteiger partial charge in [-0.15, -0.1) is 0 Å². The van der Waals surface area contributed by atoms with Crippen LogP contribution in [-0.4, -0.2) is 82.5 Å². The monoisotopic (exact) mass is 520 g/mol. The Morgan fingerprint density at radius 1 is 1.28 bits per heavy atom. The zero-order chi connectivity index (χ0) is 25.9. The molecule has 0 aromatic carbocycles. The van der Waals surface area contributed by atoms with Crippen molar-refractivity contribution in [1.29, 1.82) is 0 Å². The van der Waals surface area contributed by atoms with E-state index >= 15 is 0 Å². The maximum atomic E-state index is 13.7. The first kappa shape index (κ1) is 26.7. The summed E-state index contributed by atoms with van der Waals surface area (Å²) in [6.07, 6.45) is 6.45. The van der Waals surface area contributed by atoms with Gasteiger partial charge in [0, 0.05) is 62.7 Å². The Kier molecular flexibility index (Phi) is 8.42. The summed E-state index contributed by atoms with van der Waals surface area (Å²) in [5, 5.41) is 1.50. The zero-order valence-corrected chi connectivity index (χ0v) is 22.4. The van der Waals surface area contributed by atoms with Crippen LogP contribution in [0.5, 0.6) is 0 Å². The van der Waals surface area contributed by atoms with E-state index in [1.54, 1.807) is 24.3 Å².